The molecule has 0 atom stereocenters. The van der Waals surface area contributed by atoms with Gasteiger partial charge in [0.25, 0.3) is 0 Å². The molecule has 0 bridgehead atoms. The van der Waals surface area contributed by atoms with Crippen molar-refractivity contribution in [1.82, 2.24) is 0 Å². The summed E-state index contributed by atoms with van der Waals surface area (Å²) in [7, 11) is 0. The summed E-state index contributed by atoms with van der Waals surface area (Å²) >= 11 is 0. The molecular formula is C31H48. The van der Waals surface area contributed by atoms with Crippen LogP contribution in [-0.2, 0) is 27.1 Å². The number of rotatable bonds is 2. The van der Waals surface area contributed by atoms with Gasteiger partial charge in [-0.3, -0.25) is 0 Å². The molecule has 31 heavy (non-hydrogen) atoms. The normalized spacial score (nSPS) is 14.1. The van der Waals surface area contributed by atoms with Crippen LogP contribution in [0, 0.1) is 0 Å². The van der Waals surface area contributed by atoms with Gasteiger partial charge in [0.2, 0.25) is 0 Å². The first-order chi connectivity index (χ1) is 13.7. The largest absolute Gasteiger partial charge is 0.0617 e. The van der Waals surface area contributed by atoms with Crippen LogP contribution in [0.3, 0.4) is 0 Å². The van der Waals surface area contributed by atoms with Gasteiger partial charge in [0.1, 0.15) is 0 Å². The quantitative estimate of drug-likeness (QED) is 0.454. The molecule has 0 saturated carbocycles. The molecule has 0 unspecified atom stereocenters. The Labute approximate surface area is 193 Å². The predicted octanol–water partition coefficient (Wildman–Crippen LogP) is 9.20. The van der Waals surface area contributed by atoms with Gasteiger partial charge in [0.05, 0.1) is 0 Å². The summed E-state index contributed by atoms with van der Waals surface area (Å²) in [6.07, 6.45) is 0. The Balaban J connectivity index is 2.91. The second kappa shape index (κ2) is 7.79. The van der Waals surface area contributed by atoms with Gasteiger partial charge in [-0.1, -0.05) is 133 Å². The maximum Gasteiger partial charge on any atom is 0.0152 e. The highest BCUT2D eigenvalue weighted by Crippen LogP contribution is 2.45. The molecule has 2 rings (SSSR count). The van der Waals surface area contributed by atoms with E-state index in [0.717, 1.165) is 0 Å². The summed E-state index contributed by atoms with van der Waals surface area (Å²) in [4.78, 5) is 0. The molecule has 0 saturated heterocycles. The van der Waals surface area contributed by atoms with E-state index in [-0.39, 0.29) is 27.1 Å². The van der Waals surface area contributed by atoms with Gasteiger partial charge in [-0.15, -0.1) is 0 Å². The van der Waals surface area contributed by atoms with Gasteiger partial charge < -0.3 is 0 Å². The van der Waals surface area contributed by atoms with Crippen LogP contribution in [0.2, 0.25) is 0 Å². The average molecular weight is 421 g/mol. The first kappa shape index (κ1) is 25.7. The zero-order chi connectivity index (χ0) is 24.2. The highest BCUT2D eigenvalue weighted by Gasteiger charge is 2.36. The van der Waals surface area contributed by atoms with Crippen LogP contribution in [0.15, 0.2) is 36.4 Å². The first-order valence-corrected chi connectivity index (χ1v) is 12.0. The second-order valence-corrected chi connectivity index (χ2v) is 14.1. The Morgan fingerprint density at radius 2 is 0.806 bits per heavy atom. The molecule has 2 aromatic rings. The van der Waals surface area contributed by atoms with Crippen LogP contribution >= 0.6 is 0 Å². The maximum absolute atomic E-state index is 2.51. The molecule has 0 heteroatoms. The van der Waals surface area contributed by atoms with E-state index in [1.165, 1.54) is 33.4 Å². The minimum atomic E-state index is -0.0943. The van der Waals surface area contributed by atoms with Crippen molar-refractivity contribution in [2.75, 3.05) is 0 Å². The van der Waals surface area contributed by atoms with Crippen molar-refractivity contribution in [3.05, 3.63) is 69.8 Å². The summed E-state index contributed by atoms with van der Waals surface area (Å²) in [6, 6.07) is 14.2. The van der Waals surface area contributed by atoms with Crippen LogP contribution in [-0.4, -0.2) is 0 Å². The van der Waals surface area contributed by atoms with Crippen LogP contribution < -0.4 is 0 Å². The molecule has 0 aliphatic heterocycles. The lowest BCUT2D eigenvalue weighted by Crippen LogP contribution is -2.31. The Hall–Kier alpha value is -1.56. The lowest BCUT2D eigenvalue weighted by molar-refractivity contribution is 0.508. The van der Waals surface area contributed by atoms with Crippen molar-refractivity contribution >= 4 is 0 Å². The Kier molecular flexibility index (Phi) is 6.46. The number of hydrogen-bond acceptors (Lipinski definition) is 0. The molecule has 0 fully saturated rings. The zero-order valence-electron chi connectivity index (χ0n) is 23.0. The minimum Gasteiger partial charge on any atom is -0.0617 e. The fourth-order valence-corrected chi connectivity index (χ4v) is 4.83. The molecule has 0 radical (unpaired) electrons. The van der Waals surface area contributed by atoms with E-state index >= 15 is 0 Å². The third-order valence-corrected chi connectivity index (χ3v) is 6.66. The standard InChI is InChI=1S/C31H48/c1-27(2,3)22-19-18-21(20-25(22)30(10,11)12)31(13,14)26-23(28(4,5)6)16-15-17-24(26)29(7,8)9/h15-20H,1-14H3. The van der Waals surface area contributed by atoms with Crippen molar-refractivity contribution in [3.63, 3.8) is 0 Å². The molecular weight excluding hydrogens is 372 g/mol. The number of hydrogen-bond donors (Lipinski definition) is 0. The summed E-state index contributed by atoms with van der Waals surface area (Å²) in [5.74, 6) is 0. The maximum atomic E-state index is 2.51. The number of benzene rings is 2. The van der Waals surface area contributed by atoms with Gasteiger partial charge in [0.15, 0.2) is 0 Å². The van der Waals surface area contributed by atoms with Crippen LogP contribution in [0.1, 0.15) is 130 Å². The predicted molar refractivity (Wildman–Crippen MR) is 140 cm³/mol. The van der Waals surface area contributed by atoms with E-state index in [0.29, 0.717) is 0 Å². The average Bonchev–Trinajstić information content (AvgIpc) is 2.57. The molecule has 0 aliphatic rings. The molecule has 0 nitrogen and oxygen atoms in total. The summed E-state index contributed by atoms with van der Waals surface area (Å²) in [5, 5.41) is 0. The molecule has 0 heterocycles. The highest BCUT2D eigenvalue weighted by molar-refractivity contribution is 5.53. The molecule has 0 aromatic heterocycles. The smallest absolute Gasteiger partial charge is 0.0152 e. The van der Waals surface area contributed by atoms with Gasteiger partial charge >= 0.3 is 0 Å². The molecule has 0 aliphatic carbocycles. The van der Waals surface area contributed by atoms with Crippen molar-refractivity contribution in [2.45, 2.75) is 124 Å². The fourth-order valence-electron chi connectivity index (χ4n) is 4.83. The van der Waals surface area contributed by atoms with Crippen LogP contribution in [0.5, 0.6) is 0 Å². The SMILES string of the molecule is CC(C)(C)c1ccc(C(C)(C)c2c(C(C)(C)C)cccc2C(C)(C)C)cc1C(C)(C)C. The Morgan fingerprint density at radius 3 is 1.16 bits per heavy atom. The zero-order valence-corrected chi connectivity index (χ0v) is 23.0. The third kappa shape index (κ3) is 5.27. The van der Waals surface area contributed by atoms with Crippen LogP contribution in [0.25, 0.3) is 0 Å². The monoisotopic (exact) mass is 420 g/mol. The highest BCUT2D eigenvalue weighted by atomic mass is 14.4. The van der Waals surface area contributed by atoms with Gasteiger partial charge in [-0.25, -0.2) is 0 Å². The van der Waals surface area contributed by atoms with E-state index < -0.39 is 0 Å². The van der Waals surface area contributed by atoms with Crippen LogP contribution in [0.4, 0.5) is 0 Å². The third-order valence-electron chi connectivity index (χ3n) is 6.66. The van der Waals surface area contributed by atoms with Crippen molar-refractivity contribution in [1.29, 1.82) is 0 Å². The van der Waals surface area contributed by atoms with E-state index in [2.05, 4.69) is 133 Å². The van der Waals surface area contributed by atoms with Gasteiger partial charge in [-0.05, 0) is 55.0 Å². The first-order valence-electron chi connectivity index (χ1n) is 12.0. The van der Waals surface area contributed by atoms with Crippen molar-refractivity contribution < 1.29 is 0 Å². The van der Waals surface area contributed by atoms with E-state index in [1.54, 1.807) is 0 Å². The molecule has 0 spiro atoms. The Bertz CT molecular complexity index is 894. The molecule has 2 aromatic carbocycles. The second-order valence-electron chi connectivity index (χ2n) is 14.1. The Morgan fingerprint density at radius 1 is 0.419 bits per heavy atom. The van der Waals surface area contributed by atoms with Gasteiger partial charge in [-0.2, -0.15) is 0 Å². The van der Waals surface area contributed by atoms with Crippen molar-refractivity contribution in [3.8, 4) is 0 Å². The topological polar surface area (TPSA) is 0 Å². The fraction of sp³-hybridized carbons (Fsp3) is 0.613. The van der Waals surface area contributed by atoms with E-state index in [4.69, 9.17) is 0 Å². The van der Waals surface area contributed by atoms with Gasteiger partial charge in [0, 0.05) is 5.41 Å². The van der Waals surface area contributed by atoms with E-state index in [1.807, 2.05) is 0 Å². The summed E-state index contributed by atoms with van der Waals surface area (Å²) < 4.78 is 0. The summed E-state index contributed by atoms with van der Waals surface area (Å²) in [5.41, 5.74) is 9.07. The molecule has 172 valence electrons. The molecule has 0 amide bonds. The van der Waals surface area contributed by atoms with Crippen molar-refractivity contribution in [2.24, 2.45) is 0 Å². The lowest BCUT2D eigenvalue weighted by atomic mass is 9.64. The summed E-state index contributed by atoms with van der Waals surface area (Å²) in [6.45, 7) is 32.9. The molecule has 0 N–H and O–H groups in total. The lowest BCUT2D eigenvalue weighted by Gasteiger charge is -2.39. The minimum absolute atomic E-state index is 0.0894. The van der Waals surface area contributed by atoms with E-state index in [9.17, 15) is 0 Å².